The Morgan fingerprint density at radius 3 is 2.84 bits per heavy atom. The maximum atomic E-state index is 13.7. The van der Waals surface area contributed by atoms with Crippen LogP contribution in [0, 0.1) is 5.82 Å². The Hall–Kier alpha value is -2.57. The van der Waals surface area contributed by atoms with E-state index in [0.717, 1.165) is 21.6 Å². The molecule has 1 unspecified atom stereocenters. The van der Waals surface area contributed by atoms with Gasteiger partial charge < -0.3 is 9.30 Å². The van der Waals surface area contributed by atoms with Gasteiger partial charge in [0.1, 0.15) is 10.8 Å². The van der Waals surface area contributed by atoms with Crippen LogP contribution in [0.25, 0.3) is 32.4 Å². The van der Waals surface area contributed by atoms with Crippen molar-refractivity contribution in [2.24, 2.45) is 0 Å². The zero-order valence-electron chi connectivity index (χ0n) is 13.1. The van der Waals surface area contributed by atoms with Crippen LogP contribution in [0.4, 0.5) is 4.39 Å². The Morgan fingerprint density at radius 2 is 2.08 bits per heavy atom. The number of hydrogen-bond donors (Lipinski definition) is 0. The lowest BCUT2D eigenvalue weighted by Crippen LogP contribution is -2.14. The van der Waals surface area contributed by atoms with Crippen LogP contribution in [0.5, 0.6) is 0 Å². The molecule has 1 saturated heterocycles. The lowest BCUT2D eigenvalue weighted by Gasteiger charge is -2.15. The maximum Gasteiger partial charge on any atom is 0.197 e. The topological polar surface area (TPSA) is 47.4 Å². The normalized spacial score (nSPS) is 16.6. The molecule has 0 aliphatic carbocycles. The minimum absolute atomic E-state index is 0.141. The van der Waals surface area contributed by atoms with E-state index in [1.165, 1.54) is 12.1 Å². The zero-order chi connectivity index (χ0) is 17.0. The van der Waals surface area contributed by atoms with Crippen molar-refractivity contribution in [2.75, 3.05) is 6.61 Å². The van der Waals surface area contributed by atoms with E-state index in [-0.39, 0.29) is 11.5 Å². The molecule has 0 N–H and O–H groups in total. The van der Waals surface area contributed by atoms with Crippen LogP contribution in [0.3, 0.4) is 0 Å². The monoisotopic (exact) mass is 352 g/mol. The molecule has 4 nitrogen and oxygen atoms in total. The van der Waals surface area contributed by atoms with Gasteiger partial charge in [0.2, 0.25) is 0 Å². The van der Waals surface area contributed by atoms with Crippen LogP contribution in [-0.2, 0) is 11.3 Å². The van der Waals surface area contributed by atoms with Gasteiger partial charge >= 0.3 is 0 Å². The molecule has 5 rings (SSSR count). The second-order valence-electron chi connectivity index (χ2n) is 6.13. The fourth-order valence-electron chi connectivity index (χ4n) is 3.22. The summed E-state index contributed by atoms with van der Waals surface area (Å²) < 4.78 is 21.1. The third kappa shape index (κ3) is 2.45. The van der Waals surface area contributed by atoms with Gasteiger partial charge in [-0.15, -0.1) is 11.3 Å². The Bertz CT molecular complexity index is 1160. The van der Waals surface area contributed by atoms with Crippen LogP contribution in [-0.4, -0.2) is 22.3 Å². The number of rotatable bonds is 3. The highest BCUT2D eigenvalue weighted by molar-refractivity contribution is 7.13. The molecule has 2 aromatic heterocycles. The van der Waals surface area contributed by atoms with E-state index < -0.39 is 5.82 Å². The number of thiazole rings is 1. The van der Waals surface area contributed by atoms with E-state index in [1.54, 1.807) is 23.6 Å². The summed E-state index contributed by atoms with van der Waals surface area (Å²) in [5.74, 6) is -0.405. The first-order chi connectivity index (χ1) is 12.2. The van der Waals surface area contributed by atoms with Crippen molar-refractivity contribution in [3.8, 4) is 10.6 Å². The lowest BCUT2D eigenvalue weighted by atomic mass is 10.1. The summed E-state index contributed by atoms with van der Waals surface area (Å²) in [4.78, 5) is 17.2. The molecule has 1 aliphatic rings. The Labute approximate surface area is 146 Å². The van der Waals surface area contributed by atoms with Gasteiger partial charge in [-0.1, -0.05) is 6.07 Å². The molecular weight excluding hydrogens is 339 g/mol. The molecule has 0 bridgehead atoms. The Morgan fingerprint density at radius 1 is 1.20 bits per heavy atom. The van der Waals surface area contributed by atoms with Gasteiger partial charge in [0.05, 0.1) is 30.3 Å². The van der Waals surface area contributed by atoms with Crippen molar-refractivity contribution in [3.63, 3.8) is 0 Å². The first kappa shape index (κ1) is 14.7. The van der Waals surface area contributed by atoms with E-state index in [1.807, 2.05) is 23.6 Å². The minimum Gasteiger partial charge on any atom is -0.371 e. The minimum atomic E-state index is -0.405. The number of halogens is 1. The number of aromatic nitrogens is 2. The van der Waals surface area contributed by atoms with Crippen LogP contribution in [0.15, 0.2) is 52.8 Å². The molecule has 1 fully saturated rings. The summed E-state index contributed by atoms with van der Waals surface area (Å²) in [7, 11) is 0. The molecule has 0 saturated carbocycles. The second-order valence-corrected chi connectivity index (χ2v) is 7.02. The molecule has 124 valence electrons. The van der Waals surface area contributed by atoms with Gasteiger partial charge in [-0.05, 0) is 30.3 Å². The maximum absolute atomic E-state index is 13.7. The summed E-state index contributed by atoms with van der Waals surface area (Å²) in [6, 6.07) is 10.1. The van der Waals surface area contributed by atoms with E-state index >= 15 is 0 Å². The smallest absolute Gasteiger partial charge is 0.197 e. The molecule has 25 heavy (non-hydrogen) atoms. The molecule has 4 aromatic rings. The third-order valence-corrected chi connectivity index (χ3v) is 5.32. The first-order valence-corrected chi connectivity index (χ1v) is 8.86. The van der Waals surface area contributed by atoms with Crippen molar-refractivity contribution in [1.82, 2.24) is 9.55 Å². The number of ether oxygens (including phenoxy) is 1. The van der Waals surface area contributed by atoms with Crippen molar-refractivity contribution < 1.29 is 9.13 Å². The summed E-state index contributed by atoms with van der Waals surface area (Å²) >= 11 is 1.55. The lowest BCUT2D eigenvalue weighted by molar-refractivity contribution is 0.387. The molecule has 1 atom stereocenters. The highest BCUT2D eigenvalue weighted by Gasteiger charge is 2.25. The number of pyridine rings is 1. The molecular formula is C19H13FN2O2S. The van der Waals surface area contributed by atoms with E-state index in [9.17, 15) is 9.18 Å². The Balaban J connectivity index is 1.87. The van der Waals surface area contributed by atoms with Crippen molar-refractivity contribution in [3.05, 3.63) is 64.0 Å². The number of nitrogens with zero attached hydrogens (tertiary/aromatic N) is 2. The average molecular weight is 352 g/mol. The van der Waals surface area contributed by atoms with Gasteiger partial charge in [0.15, 0.2) is 5.43 Å². The zero-order valence-corrected chi connectivity index (χ0v) is 13.9. The number of epoxide rings is 1. The SMILES string of the molecule is O=c1c2cc(F)ccc2n(CC2CO2)c2cc(-c3nccs3)ccc12. The van der Waals surface area contributed by atoms with Crippen molar-refractivity contribution in [2.45, 2.75) is 12.6 Å². The van der Waals surface area contributed by atoms with Crippen LogP contribution >= 0.6 is 11.3 Å². The molecule has 6 heteroatoms. The molecule has 0 spiro atoms. The van der Waals surface area contributed by atoms with Crippen LogP contribution < -0.4 is 5.43 Å². The average Bonchev–Trinajstić information content (AvgIpc) is 3.27. The number of hydrogen-bond acceptors (Lipinski definition) is 4. The highest BCUT2D eigenvalue weighted by atomic mass is 32.1. The van der Waals surface area contributed by atoms with Gasteiger partial charge in [-0.3, -0.25) is 4.79 Å². The van der Waals surface area contributed by atoms with E-state index in [4.69, 9.17) is 4.74 Å². The van der Waals surface area contributed by atoms with E-state index in [2.05, 4.69) is 9.55 Å². The Kier molecular flexibility index (Phi) is 3.23. The van der Waals surface area contributed by atoms with Gasteiger partial charge in [-0.2, -0.15) is 0 Å². The largest absolute Gasteiger partial charge is 0.371 e. The molecule has 1 aliphatic heterocycles. The fraction of sp³-hybridized carbons (Fsp3) is 0.158. The summed E-state index contributed by atoms with van der Waals surface area (Å²) in [5, 5.41) is 3.81. The van der Waals surface area contributed by atoms with Gasteiger partial charge in [-0.25, -0.2) is 9.37 Å². The fourth-order valence-corrected chi connectivity index (χ4v) is 3.86. The third-order valence-electron chi connectivity index (χ3n) is 4.50. The summed E-state index contributed by atoms with van der Waals surface area (Å²) in [6.07, 6.45) is 1.90. The van der Waals surface area contributed by atoms with Crippen molar-refractivity contribution in [1.29, 1.82) is 0 Å². The number of benzene rings is 2. The summed E-state index contributed by atoms with van der Waals surface area (Å²) in [6.45, 7) is 1.35. The van der Waals surface area contributed by atoms with Gasteiger partial charge in [0.25, 0.3) is 0 Å². The standard InChI is InChI=1S/C19H13FN2O2S/c20-12-2-4-16-15(8-12)18(23)14-3-1-11(19-21-5-6-25-19)7-17(14)22(16)9-13-10-24-13/h1-8,13H,9-10H2. The summed E-state index contributed by atoms with van der Waals surface area (Å²) in [5.41, 5.74) is 2.37. The molecule has 0 radical (unpaired) electrons. The van der Waals surface area contributed by atoms with Gasteiger partial charge in [0, 0.05) is 27.9 Å². The molecule has 2 aromatic carbocycles. The van der Waals surface area contributed by atoms with Crippen molar-refractivity contribution >= 4 is 33.1 Å². The quantitative estimate of drug-likeness (QED) is 0.416. The number of fused-ring (bicyclic) bond motifs is 2. The molecule has 3 heterocycles. The highest BCUT2D eigenvalue weighted by Crippen LogP contribution is 2.28. The van der Waals surface area contributed by atoms with E-state index in [0.29, 0.717) is 23.9 Å². The molecule has 0 amide bonds. The van der Waals surface area contributed by atoms with Crippen LogP contribution in [0.1, 0.15) is 0 Å². The second kappa shape index (κ2) is 5.47. The predicted molar refractivity (Wildman–Crippen MR) is 96.5 cm³/mol. The predicted octanol–water partition coefficient (Wildman–Crippen LogP) is 3.82. The van der Waals surface area contributed by atoms with Crippen LogP contribution in [0.2, 0.25) is 0 Å². The first-order valence-electron chi connectivity index (χ1n) is 7.98.